The van der Waals surface area contributed by atoms with Crippen LogP contribution in [0.4, 0.5) is 5.69 Å². The molecule has 0 aromatic heterocycles. The molecular formula is C16H25BrN2. The summed E-state index contributed by atoms with van der Waals surface area (Å²) in [6, 6.07) is 6.58. The van der Waals surface area contributed by atoms with Gasteiger partial charge in [-0.1, -0.05) is 35.8 Å². The van der Waals surface area contributed by atoms with Crippen molar-refractivity contribution in [1.82, 2.24) is 0 Å². The molecule has 1 aliphatic rings. The molecule has 1 aromatic carbocycles. The standard InChI is InChI=1S/C16H25BrN2/c1-12(2)13-6-9-19(10-7-13)16-11-15(17)4-3-14(16)5-8-18/h3-4,11-13H,5-10,18H2,1-2H3. The van der Waals surface area contributed by atoms with Crippen molar-refractivity contribution < 1.29 is 0 Å². The second kappa shape index (κ2) is 6.76. The maximum atomic E-state index is 5.73. The van der Waals surface area contributed by atoms with Crippen LogP contribution in [-0.4, -0.2) is 19.6 Å². The summed E-state index contributed by atoms with van der Waals surface area (Å²) in [4.78, 5) is 2.54. The molecule has 19 heavy (non-hydrogen) atoms. The van der Waals surface area contributed by atoms with Gasteiger partial charge >= 0.3 is 0 Å². The van der Waals surface area contributed by atoms with Gasteiger partial charge in [0.15, 0.2) is 0 Å². The van der Waals surface area contributed by atoms with Crippen molar-refractivity contribution in [3.63, 3.8) is 0 Å². The molecule has 2 nitrogen and oxygen atoms in total. The summed E-state index contributed by atoms with van der Waals surface area (Å²) in [5.41, 5.74) is 8.49. The maximum Gasteiger partial charge on any atom is 0.0410 e. The molecule has 0 bridgehead atoms. The fraction of sp³-hybridized carbons (Fsp3) is 0.625. The van der Waals surface area contributed by atoms with E-state index in [1.807, 2.05) is 0 Å². The van der Waals surface area contributed by atoms with Gasteiger partial charge in [0, 0.05) is 23.2 Å². The van der Waals surface area contributed by atoms with Crippen LogP contribution in [-0.2, 0) is 6.42 Å². The van der Waals surface area contributed by atoms with Crippen LogP contribution in [0.2, 0.25) is 0 Å². The highest BCUT2D eigenvalue weighted by molar-refractivity contribution is 9.10. The van der Waals surface area contributed by atoms with E-state index in [1.54, 1.807) is 0 Å². The monoisotopic (exact) mass is 324 g/mol. The summed E-state index contributed by atoms with van der Waals surface area (Å²) in [5.74, 6) is 1.70. The van der Waals surface area contributed by atoms with E-state index in [4.69, 9.17) is 5.73 Å². The van der Waals surface area contributed by atoms with Crippen LogP contribution < -0.4 is 10.6 Å². The van der Waals surface area contributed by atoms with E-state index in [9.17, 15) is 0 Å². The van der Waals surface area contributed by atoms with E-state index in [1.165, 1.54) is 37.2 Å². The second-order valence-corrected chi connectivity index (χ2v) is 6.80. The summed E-state index contributed by atoms with van der Waals surface area (Å²) >= 11 is 3.59. The lowest BCUT2D eigenvalue weighted by atomic mass is 9.86. The van der Waals surface area contributed by atoms with Crippen molar-refractivity contribution in [2.45, 2.75) is 33.1 Å². The van der Waals surface area contributed by atoms with Crippen molar-refractivity contribution >= 4 is 21.6 Å². The van der Waals surface area contributed by atoms with E-state index >= 15 is 0 Å². The first-order chi connectivity index (χ1) is 9.11. The zero-order valence-electron chi connectivity index (χ0n) is 12.0. The Bertz CT molecular complexity index is 409. The molecule has 106 valence electrons. The van der Waals surface area contributed by atoms with Crippen LogP contribution in [0, 0.1) is 11.8 Å². The van der Waals surface area contributed by atoms with Crippen LogP contribution in [0.25, 0.3) is 0 Å². The Hall–Kier alpha value is -0.540. The third-order valence-electron chi connectivity index (χ3n) is 4.28. The molecule has 0 saturated carbocycles. The van der Waals surface area contributed by atoms with Gasteiger partial charge in [0.2, 0.25) is 0 Å². The zero-order valence-corrected chi connectivity index (χ0v) is 13.6. The quantitative estimate of drug-likeness (QED) is 0.912. The predicted octanol–water partition coefficient (Wildman–Crippen LogP) is 3.82. The maximum absolute atomic E-state index is 5.73. The number of nitrogens with two attached hydrogens (primary N) is 1. The number of rotatable bonds is 4. The van der Waals surface area contributed by atoms with Crippen LogP contribution in [0.1, 0.15) is 32.3 Å². The Balaban J connectivity index is 2.12. The molecule has 0 amide bonds. The van der Waals surface area contributed by atoms with Crippen molar-refractivity contribution in [3.05, 3.63) is 28.2 Å². The Morgan fingerprint density at radius 2 is 2.00 bits per heavy atom. The van der Waals surface area contributed by atoms with Gasteiger partial charge in [-0.3, -0.25) is 0 Å². The molecular weight excluding hydrogens is 300 g/mol. The van der Waals surface area contributed by atoms with Crippen LogP contribution in [0.5, 0.6) is 0 Å². The minimum atomic E-state index is 0.719. The number of hydrogen-bond acceptors (Lipinski definition) is 2. The normalized spacial score (nSPS) is 17.2. The summed E-state index contributed by atoms with van der Waals surface area (Å²) in [7, 11) is 0. The summed E-state index contributed by atoms with van der Waals surface area (Å²) in [6.45, 7) is 7.77. The van der Waals surface area contributed by atoms with Crippen LogP contribution >= 0.6 is 15.9 Å². The van der Waals surface area contributed by atoms with Crippen LogP contribution in [0.3, 0.4) is 0 Å². The van der Waals surface area contributed by atoms with Gasteiger partial charge < -0.3 is 10.6 Å². The van der Waals surface area contributed by atoms with E-state index in [0.717, 1.165) is 29.3 Å². The van der Waals surface area contributed by atoms with E-state index in [2.05, 4.69) is 52.9 Å². The molecule has 0 aliphatic carbocycles. The molecule has 2 rings (SSSR count). The number of hydrogen-bond donors (Lipinski definition) is 1. The van der Waals surface area contributed by atoms with Crippen molar-refractivity contribution in [2.75, 3.05) is 24.5 Å². The molecule has 0 radical (unpaired) electrons. The number of halogens is 1. The number of benzene rings is 1. The van der Waals surface area contributed by atoms with Crippen molar-refractivity contribution in [2.24, 2.45) is 17.6 Å². The average Bonchev–Trinajstić information content (AvgIpc) is 2.41. The minimum Gasteiger partial charge on any atom is -0.371 e. The van der Waals surface area contributed by atoms with Gasteiger partial charge in [0.25, 0.3) is 0 Å². The highest BCUT2D eigenvalue weighted by atomic mass is 79.9. The van der Waals surface area contributed by atoms with Crippen molar-refractivity contribution in [1.29, 1.82) is 0 Å². The highest BCUT2D eigenvalue weighted by Crippen LogP contribution is 2.31. The first-order valence-corrected chi connectivity index (χ1v) is 8.14. The topological polar surface area (TPSA) is 29.3 Å². The van der Waals surface area contributed by atoms with Gasteiger partial charge in [-0.2, -0.15) is 0 Å². The predicted molar refractivity (Wildman–Crippen MR) is 86.7 cm³/mol. The summed E-state index contributed by atoms with van der Waals surface area (Å²) in [5, 5.41) is 0. The molecule has 1 aliphatic heterocycles. The fourth-order valence-corrected chi connectivity index (χ4v) is 3.35. The van der Waals surface area contributed by atoms with E-state index < -0.39 is 0 Å². The molecule has 1 saturated heterocycles. The number of nitrogens with zero attached hydrogens (tertiary/aromatic N) is 1. The first-order valence-electron chi connectivity index (χ1n) is 7.35. The average molecular weight is 325 g/mol. The summed E-state index contributed by atoms with van der Waals surface area (Å²) in [6.07, 6.45) is 3.59. The fourth-order valence-electron chi connectivity index (χ4n) is 3.01. The van der Waals surface area contributed by atoms with Crippen LogP contribution in [0.15, 0.2) is 22.7 Å². The number of piperidine rings is 1. The van der Waals surface area contributed by atoms with Crippen molar-refractivity contribution in [3.8, 4) is 0 Å². The smallest absolute Gasteiger partial charge is 0.0410 e. The molecule has 0 atom stereocenters. The third-order valence-corrected chi connectivity index (χ3v) is 4.78. The Kier molecular flexibility index (Phi) is 5.28. The van der Waals surface area contributed by atoms with E-state index in [0.29, 0.717) is 0 Å². The first kappa shape index (κ1) is 14.9. The zero-order chi connectivity index (χ0) is 13.8. The van der Waals surface area contributed by atoms with Gasteiger partial charge in [0.1, 0.15) is 0 Å². The Morgan fingerprint density at radius 3 is 2.58 bits per heavy atom. The lowest BCUT2D eigenvalue weighted by molar-refractivity contribution is 0.311. The molecule has 3 heteroatoms. The lowest BCUT2D eigenvalue weighted by Gasteiger charge is -2.36. The molecule has 0 spiro atoms. The number of anilines is 1. The molecule has 2 N–H and O–H groups in total. The highest BCUT2D eigenvalue weighted by Gasteiger charge is 2.22. The van der Waals surface area contributed by atoms with Gasteiger partial charge in [0.05, 0.1) is 0 Å². The molecule has 1 aromatic rings. The Morgan fingerprint density at radius 1 is 1.32 bits per heavy atom. The third kappa shape index (κ3) is 3.73. The SMILES string of the molecule is CC(C)C1CCN(c2cc(Br)ccc2CCN)CC1. The molecule has 1 fully saturated rings. The van der Waals surface area contributed by atoms with Gasteiger partial charge in [-0.05, 0) is 55.3 Å². The largest absolute Gasteiger partial charge is 0.371 e. The van der Waals surface area contributed by atoms with Gasteiger partial charge in [-0.25, -0.2) is 0 Å². The molecule has 1 heterocycles. The lowest BCUT2D eigenvalue weighted by Crippen LogP contribution is -2.35. The second-order valence-electron chi connectivity index (χ2n) is 5.88. The Labute approximate surface area is 125 Å². The van der Waals surface area contributed by atoms with E-state index in [-0.39, 0.29) is 0 Å². The van der Waals surface area contributed by atoms with Gasteiger partial charge in [-0.15, -0.1) is 0 Å². The molecule has 0 unspecified atom stereocenters. The summed E-state index contributed by atoms with van der Waals surface area (Å²) < 4.78 is 1.16. The minimum absolute atomic E-state index is 0.719.